The number of hydrogen-bond donors (Lipinski definition) is 10. The van der Waals surface area contributed by atoms with E-state index in [1.807, 2.05) is 6.92 Å². The van der Waals surface area contributed by atoms with E-state index >= 15 is 0 Å². The lowest BCUT2D eigenvalue weighted by Crippen LogP contribution is -2.70. The zero-order valence-electron chi connectivity index (χ0n) is 33.3. The predicted octanol–water partition coefficient (Wildman–Crippen LogP) is -0.0259. The van der Waals surface area contributed by atoms with E-state index in [1.54, 1.807) is 0 Å². The van der Waals surface area contributed by atoms with Gasteiger partial charge in [-0.25, -0.2) is 4.79 Å². The molecule has 0 aromatic rings. The molecule has 3 unspecified atom stereocenters. The standard InChI is InChI=1S/C41H60O17/c1-17-8-11-41(36(54)58-33-28(48)25(45)24(44)21(16-42)55-33)13-12-38(3)18(19(41)14-17)6-7-22-37(2)15-20(43)31(40(5,35(52)53)23(37)9-10-39(22,38)4)57-34-29(49)26(46)27(47)30(56-34)32(50)51/h6,19-31,33-34,42-49H,1,7-16H2,2-5H3,(H,50,51)(H,52,53)/t19?,20-,21+,22?,23?,24+,25-,26-,27-,28+,29+,30-,31+,33-,34-,37+,38+,39+,40+,41-/m0/s1. The summed E-state index contributed by atoms with van der Waals surface area (Å²) in [6.45, 7) is 11.5. The molecule has 20 atom stereocenters. The van der Waals surface area contributed by atoms with E-state index < -0.39 is 131 Å². The molecule has 0 aromatic carbocycles. The second-order valence-electron chi connectivity index (χ2n) is 19.2. The van der Waals surface area contributed by atoms with E-state index in [9.17, 15) is 65.4 Å². The molecular weight excluding hydrogens is 764 g/mol. The Morgan fingerprint density at radius 2 is 1.48 bits per heavy atom. The molecule has 0 amide bonds. The Kier molecular flexibility index (Phi) is 11.1. The van der Waals surface area contributed by atoms with E-state index in [1.165, 1.54) is 6.92 Å². The fourth-order valence-electron chi connectivity index (χ4n) is 13.2. The van der Waals surface area contributed by atoms with E-state index in [4.69, 9.17) is 18.9 Å². The van der Waals surface area contributed by atoms with Crippen molar-refractivity contribution in [1.82, 2.24) is 0 Å². The maximum absolute atomic E-state index is 14.4. The molecule has 0 radical (unpaired) electrons. The van der Waals surface area contributed by atoms with Gasteiger partial charge < -0.3 is 70.0 Å². The highest BCUT2D eigenvalue weighted by Gasteiger charge is 2.72. The van der Waals surface area contributed by atoms with Crippen LogP contribution in [-0.4, -0.2) is 149 Å². The number of aliphatic hydroxyl groups is 8. The van der Waals surface area contributed by atoms with E-state index in [0.29, 0.717) is 51.4 Å². The summed E-state index contributed by atoms with van der Waals surface area (Å²) in [5, 5.41) is 105. The maximum Gasteiger partial charge on any atom is 0.335 e. The summed E-state index contributed by atoms with van der Waals surface area (Å²) in [5.74, 6) is -4.58. The van der Waals surface area contributed by atoms with Crippen molar-refractivity contribution in [3.63, 3.8) is 0 Å². The van der Waals surface area contributed by atoms with Crippen molar-refractivity contribution in [3.8, 4) is 0 Å². The summed E-state index contributed by atoms with van der Waals surface area (Å²) in [6.07, 6.45) is -14.4. The van der Waals surface area contributed by atoms with Crippen LogP contribution in [0.25, 0.3) is 0 Å². The van der Waals surface area contributed by atoms with Crippen molar-refractivity contribution < 1.29 is 84.4 Å². The van der Waals surface area contributed by atoms with Gasteiger partial charge >= 0.3 is 17.9 Å². The van der Waals surface area contributed by atoms with Crippen LogP contribution in [0.4, 0.5) is 0 Å². The molecule has 7 aliphatic rings. The number of carbonyl (C=O) groups excluding carboxylic acids is 1. The van der Waals surface area contributed by atoms with Gasteiger partial charge in [0.25, 0.3) is 0 Å². The lowest BCUT2D eigenvalue weighted by molar-refractivity contribution is -0.335. The van der Waals surface area contributed by atoms with Crippen molar-refractivity contribution >= 4 is 17.9 Å². The van der Waals surface area contributed by atoms with Crippen LogP contribution in [0.2, 0.25) is 0 Å². The fourth-order valence-corrected chi connectivity index (χ4v) is 13.2. The summed E-state index contributed by atoms with van der Waals surface area (Å²) in [6, 6.07) is 0. The summed E-state index contributed by atoms with van der Waals surface area (Å²) < 4.78 is 22.8. The first-order valence-electron chi connectivity index (χ1n) is 20.4. The third-order valence-electron chi connectivity index (χ3n) is 16.7. The van der Waals surface area contributed by atoms with Gasteiger partial charge in [0.2, 0.25) is 6.29 Å². The Labute approximate surface area is 336 Å². The van der Waals surface area contributed by atoms with Gasteiger partial charge in [-0.3, -0.25) is 9.59 Å². The molecule has 58 heavy (non-hydrogen) atoms. The monoisotopic (exact) mass is 824 g/mol. The van der Waals surface area contributed by atoms with E-state index in [-0.39, 0.29) is 18.3 Å². The van der Waals surface area contributed by atoms with Gasteiger partial charge in [-0.15, -0.1) is 0 Å². The second-order valence-corrected chi connectivity index (χ2v) is 19.2. The number of carbonyl (C=O) groups is 3. The Morgan fingerprint density at radius 3 is 2.12 bits per heavy atom. The molecule has 0 spiro atoms. The number of ether oxygens (including phenoxy) is 4. The fraction of sp³-hybridized carbons (Fsp3) is 0.829. The number of fused-ring (bicyclic) bond motifs is 7. The highest BCUT2D eigenvalue weighted by molar-refractivity contribution is 5.79. The van der Waals surface area contributed by atoms with Crippen molar-refractivity contribution in [2.75, 3.05) is 6.61 Å². The van der Waals surface area contributed by atoms with Gasteiger partial charge in [-0.1, -0.05) is 44.6 Å². The van der Waals surface area contributed by atoms with Crippen LogP contribution in [0.5, 0.6) is 0 Å². The molecule has 5 aliphatic carbocycles. The Balaban J connectivity index is 1.20. The van der Waals surface area contributed by atoms with Crippen LogP contribution in [0, 0.1) is 44.8 Å². The minimum atomic E-state index is -1.98. The number of esters is 1. The molecule has 7 rings (SSSR count). The molecule has 4 saturated carbocycles. The molecule has 10 N–H and O–H groups in total. The van der Waals surface area contributed by atoms with Crippen LogP contribution in [0.15, 0.2) is 23.8 Å². The van der Waals surface area contributed by atoms with E-state index in [2.05, 4.69) is 26.5 Å². The minimum Gasteiger partial charge on any atom is -0.481 e. The molecule has 2 saturated heterocycles. The quantitative estimate of drug-likeness (QED) is 0.0917. The third-order valence-corrected chi connectivity index (χ3v) is 16.7. The number of carboxylic acid groups (broad SMARTS) is 2. The maximum atomic E-state index is 14.4. The zero-order valence-corrected chi connectivity index (χ0v) is 33.3. The second kappa shape index (κ2) is 14.8. The summed E-state index contributed by atoms with van der Waals surface area (Å²) in [4.78, 5) is 39.7. The van der Waals surface area contributed by atoms with Crippen molar-refractivity contribution in [1.29, 1.82) is 0 Å². The molecule has 17 heteroatoms. The Bertz CT molecular complexity index is 1700. The molecule has 0 bridgehead atoms. The van der Waals surface area contributed by atoms with Gasteiger partial charge in [-0.05, 0) is 92.8 Å². The normalized spacial score (nSPS) is 52.9. The number of aliphatic hydroxyl groups excluding tert-OH is 8. The number of hydrogen-bond acceptors (Lipinski definition) is 15. The average molecular weight is 825 g/mol. The van der Waals surface area contributed by atoms with Crippen LogP contribution in [-0.2, 0) is 33.3 Å². The summed E-state index contributed by atoms with van der Waals surface area (Å²) in [7, 11) is 0. The summed E-state index contributed by atoms with van der Waals surface area (Å²) in [5.41, 5.74) is -2.52. The summed E-state index contributed by atoms with van der Waals surface area (Å²) >= 11 is 0. The predicted molar refractivity (Wildman–Crippen MR) is 197 cm³/mol. The topological polar surface area (TPSA) is 290 Å². The largest absolute Gasteiger partial charge is 0.481 e. The SMILES string of the molecule is C=C1CC[C@]2(C(=O)O[C@@H]3O[C@H](CO)[C@@H](O)[C@H](O)[C@H]3O)CC[C@]3(C)C(=CCC4[C@@]5(C)C[C@H](O)[C@@H](O[C@@H]6O[C@H](C(=O)O)[C@@H](O)[C@H](O)[C@H]6O)[C@](C)(C(=O)O)C5CC[C@]43C)C2C1. The van der Waals surface area contributed by atoms with Gasteiger partial charge in [0.05, 0.1) is 23.5 Å². The number of carboxylic acids is 2. The number of aliphatic carboxylic acids is 2. The number of rotatable bonds is 7. The lowest BCUT2D eigenvalue weighted by Gasteiger charge is -2.71. The number of allylic oxidation sites excluding steroid dienone is 3. The molecule has 2 aliphatic heterocycles. The first-order chi connectivity index (χ1) is 27.0. The van der Waals surface area contributed by atoms with Gasteiger partial charge in [0.15, 0.2) is 12.4 Å². The Morgan fingerprint density at radius 1 is 0.828 bits per heavy atom. The molecule has 2 heterocycles. The molecule has 17 nitrogen and oxygen atoms in total. The zero-order chi connectivity index (χ0) is 42.7. The highest BCUT2D eigenvalue weighted by atomic mass is 16.7. The molecule has 0 aromatic heterocycles. The smallest absolute Gasteiger partial charge is 0.335 e. The molecular formula is C41H60O17. The van der Waals surface area contributed by atoms with Crippen LogP contribution in [0.1, 0.15) is 85.5 Å². The van der Waals surface area contributed by atoms with Crippen molar-refractivity contribution in [2.24, 2.45) is 44.8 Å². The third kappa shape index (κ3) is 6.08. The first-order valence-corrected chi connectivity index (χ1v) is 20.4. The van der Waals surface area contributed by atoms with Crippen molar-refractivity contribution in [2.45, 2.75) is 159 Å². The van der Waals surface area contributed by atoms with Gasteiger partial charge in [0, 0.05) is 5.92 Å². The molecule has 326 valence electrons. The lowest BCUT2D eigenvalue weighted by atomic mass is 9.33. The average Bonchev–Trinajstić information content (AvgIpc) is 3.16. The van der Waals surface area contributed by atoms with Crippen LogP contribution in [0.3, 0.4) is 0 Å². The van der Waals surface area contributed by atoms with Crippen LogP contribution < -0.4 is 0 Å². The Hall–Kier alpha value is -2.55. The van der Waals surface area contributed by atoms with E-state index in [0.717, 1.165) is 11.1 Å². The first kappa shape index (κ1) is 43.5. The van der Waals surface area contributed by atoms with Crippen LogP contribution >= 0.6 is 0 Å². The highest BCUT2D eigenvalue weighted by Crippen LogP contribution is 2.75. The van der Waals surface area contributed by atoms with Gasteiger partial charge in [0.1, 0.15) is 48.8 Å². The van der Waals surface area contributed by atoms with Crippen molar-refractivity contribution in [3.05, 3.63) is 23.8 Å². The van der Waals surface area contributed by atoms with Gasteiger partial charge in [-0.2, -0.15) is 0 Å². The molecule has 6 fully saturated rings. The minimum absolute atomic E-state index is 0.0939.